The van der Waals surface area contributed by atoms with Gasteiger partial charge in [-0.2, -0.15) is 0 Å². The highest BCUT2D eigenvalue weighted by Gasteiger charge is 2.32. The van der Waals surface area contributed by atoms with Gasteiger partial charge in [0.1, 0.15) is 6.04 Å². The van der Waals surface area contributed by atoms with Crippen molar-refractivity contribution in [3.63, 3.8) is 0 Å². The highest BCUT2D eigenvalue weighted by molar-refractivity contribution is 7.99. The summed E-state index contributed by atoms with van der Waals surface area (Å²) in [5.74, 6) is 0.831. The molecule has 200 valence electrons. The molecule has 0 aliphatic heterocycles. The van der Waals surface area contributed by atoms with Gasteiger partial charge in [0.2, 0.25) is 11.8 Å². The summed E-state index contributed by atoms with van der Waals surface area (Å²) in [5.41, 5.74) is 4.22. The number of halogens is 2. The molecule has 38 heavy (non-hydrogen) atoms. The van der Waals surface area contributed by atoms with E-state index in [0.717, 1.165) is 42.6 Å². The molecule has 0 radical (unpaired) electrons. The van der Waals surface area contributed by atoms with Crippen LogP contribution in [-0.4, -0.2) is 34.6 Å². The molecule has 1 aliphatic rings. The first kappa shape index (κ1) is 28.5. The molecule has 0 unspecified atom stereocenters. The van der Waals surface area contributed by atoms with Crippen LogP contribution in [0.5, 0.6) is 0 Å². The van der Waals surface area contributed by atoms with Crippen molar-refractivity contribution in [3.8, 4) is 0 Å². The summed E-state index contributed by atoms with van der Waals surface area (Å²) in [6.45, 7) is 2.34. The maximum Gasteiger partial charge on any atom is 0.243 e. The Bertz CT molecular complexity index is 1230. The van der Waals surface area contributed by atoms with Crippen molar-refractivity contribution in [1.29, 1.82) is 0 Å². The van der Waals surface area contributed by atoms with Gasteiger partial charge >= 0.3 is 0 Å². The molecule has 0 bridgehead atoms. The summed E-state index contributed by atoms with van der Waals surface area (Å²) in [7, 11) is 0. The van der Waals surface area contributed by atoms with E-state index in [-0.39, 0.29) is 30.2 Å². The molecule has 3 aromatic carbocycles. The van der Waals surface area contributed by atoms with E-state index in [1.807, 2.05) is 42.5 Å². The minimum absolute atomic E-state index is 0.0729. The fraction of sp³-hybridized carbons (Fsp3) is 0.355. The SMILES string of the molecule is Cc1cccc(CSCC(=O)N(Cc2ccc(Cl)c(Cl)c2)[C@H](Cc2ccccc2)C(=O)NC2CCCC2)c1. The quantitative estimate of drug-likeness (QED) is 0.265. The van der Waals surface area contributed by atoms with Crippen molar-refractivity contribution in [2.75, 3.05) is 5.75 Å². The van der Waals surface area contributed by atoms with E-state index in [4.69, 9.17) is 23.2 Å². The van der Waals surface area contributed by atoms with Crippen molar-refractivity contribution in [2.24, 2.45) is 0 Å². The zero-order chi connectivity index (χ0) is 26.9. The van der Waals surface area contributed by atoms with Crippen molar-refractivity contribution < 1.29 is 9.59 Å². The Morgan fingerprint density at radius 2 is 1.66 bits per heavy atom. The van der Waals surface area contributed by atoms with Crippen LogP contribution in [0.3, 0.4) is 0 Å². The van der Waals surface area contributed by atoms with Crippen molar-refractivity contribution >= 4 is 46.8 Å². The molecule has 1 aliphatic carbocycles. The summed E-state index contributed by atoms with van der Waals surface area (Å²) in [6.07, 6.45) is 4.65. The third-order valence-corrected chi connectivity index (χ3v) is 8.61. The molecule has 7 heteroatoms. The number of aryl methyl sites for hydroxylation is 1. The molecule has 1 saturated carbocycles. The first-order valence-electron chi connectivity index (χ1n) is 13.1. The zero-order valence-electron chi connectivity index (χ0n) is 21.7. The van der Waals surface area contributed by atoms with Gasteiger partial charge < -0.3 is 10.2 Å². The molecule has 4 rings (SSSR count). The van der Waals surface area contributed by atoms with Crippen molar-refractivity contribution in [3.05, 3.63) is 105 Å². The molecular weight excluding hydrogens is 535 g/mol. The van der Waals surface area contributed by atoms with Gasteiger partial charge in [0.05, 0.1) is 15.8 Å². The molecule has 0 saturated heterocycles. The monoisotopic (exact) mass is 568 g/mol. The largest absolute Gasteiger partial charge is 0.352 e. The van der Waals surface area contributed by atoms with Crippen LogP contribution < -0.4 is 5.32 Å². The lowest BCUT2D eigenvalue weighted by molar-refractivity contribution is -0.139. The zero-order valence-corrected chi connectivity index (χ0v) is 24.0. The number of hydrogen-bond donors (Lipinski definition) is 1. The number of carbonyl (C=O) groups excluding carboxylic acids is 2. The molecular formula is C31H34Cl2N2O2S. The number of benzene rings is 3. The second-order valence-corrected chi connectivity index (χ2v) is 11.7. The maximum absolute atomic E-state index is 13.8. The summed E-state index contributed by atoms with van der Waals surface area (Å²) in [5, 5.41) is 4.13. The second kappa shape index (κ2) is 14.1. The summed E-state index contributed by atoms with van der Waals surface area (Å²) in [4.78, 5) is 29.3. The van der Waals surface area contributed by atoms with E-state index in [1.54, 1.807) is 28.8 Å². The average molecular weight is 570 g/mol. The number of thioether (sulfide) groups is 1. The Morgan fingerprint density at radius 3 is 2.37 bits per heavy atom. The van der Waals surface area contributed by atoms with E-state index in [1.165, 1.54) is 11.1 Å². The van der Waals surface area contributed by atoms with E-state index in [9.17, 15) is 9.59 Å². The molecule has 3 aromatic rings. The molecule has 0 heterocycles. The van der Waals surface area contributed by atoms with E-state index >= 15 is 0 Å². The highest BCUT2D eigenvalue weighted by atomic mass is 35.5. The van der Waals surface area contributed by atoms with Crippen LogP contribution in [0.1, 0.15) is 47.9 Å². The minimum Gasteiger partial charge on any atom is -0.352 e. The van der Waals surface area contributed by atoms with Crippen LogP contribution in [0.25, 0.3) is 0 Å². The first-order chi connectivity index (χ1) is 18.4. The third-order valence-electron chi connectivity index (χ3n) is 6.89. The van der Waals surface area contributed by atoms with Gasteiger partial charge in [-0.1, -0.05) is 102 Å². The van der Waals surface area contributed by atoms with Gasteiger partial charge in [0.25, 0.3) is 0 Å². The molecule has 1 atom stereocenters. The number of nitrogens with zero attached hydrogens (tertiary/aromatic N) is 1. The Kier molecular flexibility index (Phi) is 10.6. The van der Waals surface area contributed by atoms with E-state index in [0.29, 0.717) is 16.5 Å². The molecule has 2 amide bonds. The predicted molar refractivity (Wildman–Crippen MR) is 159 cm³/mol. The van der Waals surface area contributed by atoms with Gasteiger partial charge in [-0.25, -0.2) is 0 Å². The molecule has 4 nitrogen and oxygen atoms in total. The summed E-state index contributed by atoms with van der Waals surface area (Å²) >= 11 is 14.0. The third kappa shape index (κ3) is 8.26. The van der Waals surface area contributed by atoms with Crippen LogP contribution in [0.4, 0.5) is 0 Å². The molecule has 0 aromatic heterocycles. The lowest BCUT2D eigenvalue weighted by atomic mass is 10.0. The average Bonchev–Trinajstić information content (AvgIpc) is 3.42. The summed E-state index contributed by atoms with van der Waals surface area (Å²) in [6, 6.07) is 23.1. The molecule has 0 spiro atoms. The topological polar surface area (TPSA) is 49.4 Å². The maximum atomic E-state index is 13.8. The number of rotatable bonds is 11. The van der Waals surface area contributed by atoms with Crippen LogP contribution in [0, 0.1) is 6.92 Å². The molecule has 1 fully saturated rings. The predicted octanol–water partition coefficient (Wildman–Crippen LogP) is 7.23. The van der Waals surface area contributed by atoms with Gasteiger partial charge in [0, 0.05) is 24.8 Å². The van der Waals surface area contributed by atoms with E-state index < -0.39 is 6.04 Å². The fourth-order valence-corrected chi connectivity index (χ4v) is 6.08. The Morgan fingerprint density at radius 1 is 0.921 bits per heavy atom. The molecule has 1 N–H and O–H groups in total. The number of hydrogen-bond acceptors (Lipinski definition) is 3. The number of nitrogens with one attached hydrogen (secondary N) is 1. The highest BCUT2D eigenvalue weighted by Crippen LogP contribution is 2.25. The Labute approximate surface area is 240 Å². The van der Waals surface area contributed by atoms with Crippen LogP contribution in [0.2, 0.25) is 10.0 Å². The number of carbonyl (C=O) groups is 2. The van der Waals surface area contributed by atoms with Crippen LogP contribution in [-0.2, 0) is 28.3 Å². The van der Waals surface area contributed by atoms with Gasteiger partial charge in [-0.05, 0) is 48.6 Å². The number of amides is 2. The smallest absolute Gasteiger partial charge is 0.243 e. The standard InChI is InChI=1S/C31H34Cl2N2O2S/c1-22-8-7-11-25(16-22)20-38-21-30(36)35(19-24-14-15-27(32)28(33)17-24)29(18-23-9-3-2-4-10-23)31(37)34-26-12-5-6-13-26/h2-4,7-11,14-17,26,29H,5-6,12-13,18-21H2,1H3,(H,34,37)/t29-/m1/s1. The lowest BCUT2D eigenvalue weighted by Gasteiger charge is -2.32. The Balaban J connectivity index is 1.58. The van der Waals surface area contributed by atoms with Crippen LogP contribution >= 0.6 is 35.0 Å². The first-order valence-corrected chi connectivity index (χ1v) is 15.0. The normalized spacial score (nSPS) is 14.3. The minimum atomic E-state index is -0.639. The van der Waals surface area contributed by atoms with Crippen LogP contribution in [0.15, 0.2) is 72.8 Å². The van der Waals surface area contributed by atoms with Gasteiger partial charge in [-0.3, -0.25) is 9.59 Å². The van der Waals surface area contributed by atoms with Gasteiger partial charge in [0.15, 0.2) is 0 Å². The van der Waals surface area contributed by atoms with Gasteiger partial charge in [-0.15, -0.1) is 11.8 Å². The fourth-order valence-electron chi connectivity index (χ4n) is 4.90. The Hall–Kier alpha value is -2.47. The van der Waals surface area contributed by atoms with Crippen molar-refractivity contribution in [1.82, 2.24) is 10.2 Å². The van der Waals surface area contributed by atoms with E-state index in [2.05, 4.69) is 30.4 Å². The second-order valence-electron chi connectivity index (χ2n) is 9.95. The summed E-state index contributed by atoms with van der Waals surface area (Å²) < 4.78 is 0. The van der Waals surface area contributed by atoms with Crippen molar-refractivity contribution in [2.45, 2.75) is 63.4 Å². The lowest BCUT2D eigenvalue weighted by Crippen LogP contribution is -2.52.